The highest BCUT2D eigenvalue weighted by Crippen LogP contribution is 2.37. The summed E-state index contributed by atoms with van der Waals surface area (Å²) in [6, 6.07) is 21.7. The van der Waals surface area contributed by atoms with Crippen LogP contribution in [0.4, 0.5) is 0 Å². The van der Waals surface area contributed by atoms with E-state index < -0.39 is 0 Å². The highest BCUT2D eigenvalue weighted by atomic mass is 32.2. The van der Waals surface area contributed by atoms with E-state index in [0.29, 0.717) is 4.58 Å². The van der Waals surface area contributed by atoms with Crippen molar-refractivity contribution in [2.24, 2.45) is 0 Å². The number of nitrogens with zero attached hydrogens (tertiary/aromatic N) is 1. The van der Waals surface area contributed by atoms with Gasteiger partial charge in [-0.3, -0.25) is 0 Å². The molecule has 0 atom stereocenters. The molecule has 0 radical (unpaired) electrons. The molecule has 2 rings (SSSR count). The molecule has 0 aliphatic carbocycles. The summed E-state index contributed by atoms with van der Waals surface area (Å²) in [7, 11) is 0. The van der Waals surface area contributed by atoms with E-state index in [1.165, 1.54) is 61.5 Å². The van der Waals surface area contributed by atoms with Crippen LogP contribution >= 0.6 is 23.5 Å². The van der Waals surface area contributed by atoms with Crippen molar-refractivity contribution in [3.8, 4) is 0 Å². The van der Waals surface area contributed by atoms with E-state index in [2.05, 4.69) is 79.4 Å². The van der Waals surface area contributed by atoms with Crippen LogP contribution in [0.25, 0.3) is 0 Å². The highest BCUT2D eigenvalue weighted by Gasteiger charge is 2.15. The van der Waals surface area contributed by atoms with Gasteiger partial charge in [-0.2, -0.15) is 0 Å². The first-order valence-corrected chi connectivity index (χ1v) is 11.7. The Morgan fingerprint density at radius 3 is 1.58 bits per heavy atom. The number of unbranched alkanes of at least 4 members (excludes halogenated alkanes) is 2. The van der Waals surface area contributed by atoms with Gasteiger partial charge in [0.2, 0.25) is 0 Å². The number of benzene rings is 2. The first-order valence-electron chi connectivity index (χ1n) is 9.97. The Labute approximate surface area is 169 Å². The van der Waals surface area contributed by atoms with Gasteiger partial charge in [-0.15, -0.1) is 23.5 Å². The van der Waals surface area contributed by atoms with Crippen LogP contribution in [0.2, 0.25) is 0 Å². The molecule has 2 aromatic carbocycles. The van der Waals surface area contributed by atoms with E-state index in [-0.39, 0.29) is 0 Å². The molecule has 1 nitrogen and oxygen atoms in total. The van der Waals surface area contributed by atoms with E-state index in [0.717, 1.165) is 0 Å². The fourth-order valence-electron chi connectivity index (χ4n) is 2.83. The summed E-state index contributed by atoms with van der Waals surface area (Å²) in [4.78, 5) is 5.42. The van der Waals surface area contributed by atoms with Crippen LogP contribution < -0.4 is 0 Å². The van der Waals surface area contributed by atoms with Gasteiger partial charge in [0.15, 0.2) is 0 Å². The Kier molecular flexibility index (Phi) is 10.9. The molecule has 0 aliphatic heterocycles. The molecule has 0 unspecified atom stereocenters. The Balaban J connectivity index is 1.97. The van der Waals surface area contributed by atoms with E-state index in [4.69, 9.17) is 0 Å². The predicted octanol–water partition coefficient (Wildman–Crippen LogP) is 7.19. The third-order valence-electron chi connectivity index (χ3n) is 4.36. The molecule has 0 fully saturated rings. The largest absolute Gasteiger partial charge is 0.303 e. The lowest BCUT2D eigenvalue weighted by molar-refractivity contribution is 0.265. The quantitative estimate of drug-likeness (QED) is 0.264. The molecule has 0 N–H and O–H groups in total. The third kappa shape index (κ3) is 8.66. The third-order valence-corrected chi connectivity index (χ3v) is 7.02. The monoisotopic (exact) mass is 387 g/mol. The Morgan fingerprint density at radius 1 is 0.692 bits per heavy atom. The maximum Gasteiger partial charge on any atom is 0.0609 e. The normalized spacial score (nSPS) is 11.4. The van der Waals surface area contributed by atoms with Gasteiger partial charge in [0.05, 0.1) is 4.58 Å². The molecular weight excluding hydrogens is 354 g/mol. The smallest absolute Gasteiger partial charge is 0.0609 e. The zero-order valence-corrected chi connectivity index (χ0v) is 17.9. The zero-order valence-electron chi connectivity index (χ0n) is 16.3. The first kappa shape index (κ1) is 21.4. The van der Waals surface area contributed by atoms with Gasteiger partial charge in [-0.25, -0.2) is 0 Å². The average molecular weight is 388 g/mol. The fraction of sp³-hybridized carbons (Fsp3) is 0.478. The van der Waals surface area contributed by atoms with Crippen LogP contribution in [-0.2, 0) is 0 Å². The summed E-state index contributed by atoms with van der Waals surface area (Å²) >= 11 is 4.02. The number of hydrogen-bond acceptors (Lipinski definition) is 3. The molecule has 2 aromatic rings. The van der Waals surface area contributed by atoms with Gasteiger partial charge >= 0.3 is 0 Å². The van der Waals surface area contributed by atoms with E-state index in [9.17, 15) is 0 Å². The molecular formula is C23H33NS2. The van der Waals surface area contributed by atoms with Gasteiger partial charge in [0.25, 0.3) is 0 Å². The number of hydrogen-bond donors (Lipinski definition) is 0. The molecule has 0 amide bonds. The van der Waals surface area contributed by atoms with Crippen molar-refractivity contribution in [2.45, 2.75) is 60.3 Å². The minimum Gasteiger partial charge on any atom is -0.303 e. The highest BCUT2D eigenvalue weighted by molar-refractivity contribution is 8.17. The van der Waals surface area contributed by atoms with Gasteiger partial charge in [0, 0.05) is 16.3 Å². The topological polar surface area (TPSA) is 3.24 Å². The standard InChI is InChI=1S/C23H33NS2/c1-3-5-18-24(19-6-4-2)20-17-23(25-21-13-9-7-10-14-21)26-22-15-11-8-12-16-22/h7-16,23H,3-6,17-20H2,1-2H3. The van der Waals surface area contributed by atoms with Crippen molar-refractivity contribution in [2.75, 3.05) is 19.6 Å². The lowest BCUT2D eigenvalue weighted by atomic mass is 10.2. The van der Waals surface area contributed by atoms with Crippen molar-refractivity contribution in [1.29, 1.82) is 0 Å². The van der Waals surface area contributed by atoms with Crippen molar-refractivity contribution < 1.29 is 0 Å². The SMILES string of the molecule is CCCCN(CCCC)CCC(Sc1ccccc1)Sc1ccccc1. The van der Waals surface area contributed by atoms with Crippen molar-refractivity contribution in [3.05, 3.63) is 60.7 Å². The minimum atomic E-state index is 0.547. The minimum absolute atomic E-state index is 0.547. The second-order valence-corrected chi connectivity index (χ2v) is 9.48. The summed E-state index contributed by atoms with van der Waals surface area (Å²) in [5, 5.41) is 0. The van der Waals surface area contributed by atoms with Crippen LogP contribution in [-0.4, -0.2) is 29.1 Å². The molecule has 0 saturated heterocycles. The Bertz CT molecular complexity index is 524. The van der Waals surface area contributed by atoms with Crippen molar-refractivity contribution in [3.63, 3.8) is 0 Å². The summed E-state index contributed by atoms with van der Waals surface area (Å²) in [5.74, 6) is 0. The molecule has 26 heavy (non-hydrogen) atoms. The van der Waals surface area contributed by atoms with E-state index in [1.54, 1.807) is 0 Å². The van der Waals surface area contributed by atoms with Gasteiger partial charge in [0.1, 0.15) is 0 Å². The number of rotatable bonds is 13. The van der Waals surface area contributed by atoms with Crippen molar-refractivity contribution in [1.82, 2.24) is 4.90 Å². The summed E-state index contributed by atoms with van der Waals surface area (Å²) < 4.78 is 0.547. The van der Waals surface area contributed by atoms with Crippen molar-refractivity contribution >= 4 is 23.5 Å². The van der Waals surface area contributed by atoms with Gasteiger partial charge in [-0.1, -0.05) is 63.1 Å². The summed E-state index contributed by atoms with van der Waals surface area (Å²) in [6.45, 7) is 8.27. The predicted molar refractivity (Wildman–Crippen MR) is 119 cm³/mol. The van der Waals surface area contributed by atoms with E-state index >= 15 is 0 Å². The van der Waals surface area contributed by atoms with Crippen LogP contribution in [0.3, 0.4) is 0 Å². The molecule has 142 valence electrons. The maximum absolute atomic E-state index is 2.68. The molecule has 0 spiro atoms. The summed E-state index contributed by atoms with van der Waals surface area (Å²) in [6.07, 6.45) is 6.40. The second-order valence-electron chi connectivity index (χ2n) is 6.63. The molecule has 0 heterocycles. The van der Waals surface area contributed by atoms with Gasteiger partial charge in [-0.05, 0) is 56.6 Å². The molecule has 0 aromatic heterocycles. The van der Waals surface area contributed by atoms with E-state index in [1.807, 2.05) is 23.5 Å². The fourth-order valence-corrected chi connectivity index (χ4v) is 5.37. The molecule has 0 saturated carbocycles. The average Bonchev–Trinajstić information content (AvgIpc) is 2.69. The molecule has 0 aliphatic rings. The van der Waals surface area contributed by atoms with Crippen LogP contribution in [0, 0.1) is 0 Å². The molecule has 3 heteroatoms. The Hall–Kier alpha value is -0.900. The molecule has 0 bridgehead atoms. The van der Waals surface area contributed by atoms with Gasteiger partial charge < -0.3 is 4.90 Å². The first-order chi connectivity index (χ1) is 12.8. The lowest BCUT2D eigenvalue weighted by Crippen LogP contribution is -2.28. The summed E-state index contributed by atoms with van der Waals surface area (Å²) in [5.41, 5.74) is 0. The zero-order chi connectivity index (χ0) is 18.5. The Morgan fingerprint density at radius 2 is 1.15 bits per heavy atom. The van der Waals surface area contributed by atoms with Crippen LogP contribution in [0.5, 0.6) is 0 Å². The van der Waals surface area contributed by atoms with Crippen LogP contribution in [0.15, 0.2) is 70.5 Å². The number of thioether (sulfide) groups is 2. The maximum atomic E-state index is 2.68. The lowest BCUT2D eigenvalue weighted by Gasteiger charge is -2.25. The van der Waals surface area contributed by atoms with Crippen LogP contribution in [0.1, 0.15) is 46.0 Å². The second kappa shape index (κ2) is 13.3.